The minimum Gasteiger partial charge on any atom is -0.478 e. The van der Waals surface area contributed by atoms with Crippen molar-refractivity contribution >= 4 is 12.1 Å². The first kappa shape index (κ1) is 19.4. The molecule has 1 N–H and O–H groups in total. The van der Waals surface area contributed by atoms with E-state index < -0.39 is 5.97 Å². The number of hydrogen-bond acceptors (Lipinski definition) is 3. The van der Waals surface area contributed by atoms with Crippen LogP contribution in [0.1, 0.15) is 45.3 Å². The average molecular weight is 413 g/mol. The van der Waals surface area contributed by atoms with E-state index in [1.165, 1.54) is 22.3 Å². The average Bonchev–Trinajstić information content (AvgIpc) is 3.41. The van der Waals surface area contributed by atoms with E-state index in [2.05, 4.69) is 24.3 Å². The van der Waals surface area contributed by atoms with Crippen LogP contribution >= 0.6 is 0 Å². The fourth-order valence-electron chi connectivity index (χ4n) is 4.81. The lowest BCUT2D eigenvalue weighted by Gasteiger charge is -2.19. The van der Waals surface area contributed by atoms with E-state index in [-0.39, 0.29) is 23.5 Å². The summed E-state index contributed by atoms with van der Waals surface area (Å²) in [4.78, 5) is 25.8. The van der Waals surface area contributed by atoms with Gasteiger partial charge < -0.3 is 14.7 Å². The van der Waals surface area contributed by atoms with Crippen molar-refractivity contribution in [3.63, 3.8) is 0 Å². The van der Waals surface area contributed by atoms with Gasteiger partial charge in [-0.2, -0.15) is 0 Å². The van der Waals surface area contributed by atoms with E-state index in [4.69, 9.17) is 4.74 Å². The molecule has 5 nitrogen and oxygen atoms in total. The molecule has 1 fully saturated rings. The Kier molecular flexibility index (Phi) is 4.94. The number of carboxylic acids is 1. The van der Waals surface area contributed by atoms with Gasteiger partial charge in [0.25, 0.3) is 0 Å². The number of ether oxygens (including phenoxy) is 1. The molecule has 31 heavy (non-hydrogen) atoms. The van der Waals surface area contributed by atoms with Gasteiger partial charge in [0.1, 0.15) is 6.61 Å². The summed E-state index contributed by atoms with van der Waals surface area (Å²) < 4.78 is 5.76. The van der Waals surface area contributed by atoms with E-state index in [0.717, 1.165) is 12.0 Å². The van der Waals surface area contributed by atoms with Gasteiger partial charge in [0.05, 0.1) is 5.56 Å². The van der Waals surface area contributed by atoms with Crippen LogP contribution < -0.4 is 0 Å². The smallest absolute Gasteiger partial charge is 0.409 e. The fraction of sp³-hybridized carbons (Fsp3) is 0.231. The number of rotatable bonds is 4. The van der Waals surface area contributed by atoms with Gasteiger partial charge in [-0.3, -0.25) is 0 Å². The maximum atomic E-state index is 12.8. The number of carboxylic acid groups (broad SMARTS) is 1. The highest BCUT2D eigenvalue weighted by atomic mass is 16.6. The molecule has 156 valence electrons. The lowest BCUT2D eigenvalue weighted by atomic mass is 9.97. The second-order valence-corrected chi connectivity index (χ2v) is 8.17. The number of hydrogen-bond donors (Lipinski definition) is 1. The van der Waals surface area contributed by atoms with Crippen LogP contribution in [-0.4, -0.2) is 41.8 Å². The van der Waals surface area contributed by atoms with E-state index in [1.807, 2.05) is 30.3 Å². The Morgan fingerprint density at radius 2 is 1.61 bits per heavy atom. The van der Waals surface area contributed by atoms with E-state index in [0.29, 0.717) is 19.7 Å². The van der Waals surface area contributed by atoms with Crippen molar-refractivity contribution in [2.75, 3.05) is 19.7 Å². The molecule has 0 aromatic heterocycles. The SMILES string of the molecule is O=C(O)c1cccc(C2CCN(C(=O)OCC3c4ccccc4-c4ccccc43)C2)c1. The Balaban J connectivity index is 1.26. The zero-order chi connectivity index (χ0) is 21.4. The molecule has 1 atom stereocenters. The number of carbonyl (C=O) groups is 2. The van der Waals surface area contributed by atoms with Crippen LogP contribution in [0.2, 0.25) is 0 Å². The summed E-state index contributed by atoms with van der Waals surface area (Å²) >= 11 is 0. The Morgan fingerprint density at radius 1 is 0.935 bits per heavy atom. The van der Waals surface area contributed by atoms with Crippen LogP contribution in [0.25, 0.3) is 11.1 Å². The maximum Gasteiger partial charge on any atom is 0.409 e. The molecule has 1 saturated heterocycles. The van der Waals surface area contributed by atoms with Crippen LogP contribution in [0.15, 0.2) is 72.8 Å². The highest BCUT2D eigenvalue weighted by molar-refractivity contribution is 5.87. The number of amides is 1. The summed E-state index contributed by atoms with van der Waals surface area (Å²) in [6.45, 7) is 1.46. The molecular formula is C26H23NO4. The second kappa shape index (κ2) is 7.91. The third-order valence-corrected chi connectivity index (χ3v) is 6.39. The van der Waals surface area contributed by atoms with Crippen LogP contribution in [0, 0.1) is 0 Å². The minimum atomic E-state index is -0.937. The van der Waals surface area contributed by atoms with Crippen LogP contribution in [-0.2, 0) is 4.74 Å². The Hall–Kier alpha value is -3.60. The first-order chi connectivity index (χ1) is 15.1. The van der Waals surface area contributed by atoms with Gasteiger partial charge in [0, 0.05) is 24.9 Å². The van der Waals surface area contributed by atoms with Crippen molar-refractivity contribution < 1.29 is 19.4 Å². The number of aromatic carboxylic acids is 1. The molecule has 0 radical (unpaired) electrons. The van der Waals surface area contributed by atoms with Gasteiger partial charge in [-0.15, -0.1) is 0 Å². The molecule has 1 unspecified atom stereocenters. The van der Waals surface area contributed by atoms with Crippen molar-refractivity contribution in [2.24, 2.45) is 0 Å². The first-order valence-electron chi connectivity index (χ1n) is 10.5. The van der Waals surface area contributed by atoms with Crippen LogP contribution in [0.5, 0.6) is 0 Å². The minimum absolute atomic E-state index is 0.0435. The predicted molar refractivity (Wildman–Crippen MR) is 117 cm³/mol. The summed E-state index contributed by atoms with van der Waals surface area (Å²) in [5.74, 6) is -0.769. The number of likely N-dealkylation sites (tertiary alicyclic amines) is 1. The van der Waals surface area contributed by atoms with Gasteiger partial charge >= 0.3 is 12.1 Å². The molecule has 3 aromatic carbocycles. The molecule has 1 aliphatic carbocycles. The standard InChI is InChI=1S/C26H23NO4/c28-25(29)18-7-5-6-17(14-18)19-12-13-27(15-19)26(30)31-16-24-22-10-3-1-8-20(22)21-9-2-4-11-23(21)24/h1-11,14,19,24H,12-13,15-16H2,(H,28,29). The first-order valence-corrected chi connectivity index (χ1v) is 10.5. The highest BCUT2D eigenvalue weighted by Crippen LogP contribution is 2.44. The van der Waals surface area contributed by atoms with Crippen molar-refractivity contribution in [3.05, 3.63) is 95.1 Å². The molecule has 0 saturated carbocycles. The van der Waals surface area contributed by atoms with Gasteiger partial charge in [-0.1, -0.05) is 60.7 Å². The predicted octanol–water partition coefficient (Wildman–Crippen LogP) is 5.12. The van der Waals surface area contributed by atoms with Crippen molar-refractivity contribution in [3.8, 4) is 11.1 Å². The van der Waals surface area contributed by atoms with E-state index >= 15 is 0 Å². The van der Waals surface area contributed by atoms with Gasteiger partial charge in [0.15, 0.2) is 0 Å². The normalized spacial score (nSPS) is 17.3. The Morgan fingerprint density at radius 3 is 2.29 bits per heavy atom. The molecule has 2 aliphatic rings. The van der Waals surface area contributed by atoms with E-state index in [9.17, 15) is 14.7 Å². The molecule has 3 aromatic rings. The second-order valence-electron chi connectivity index (χ2n) is 8.17. The van der Waals surface area contributed by atoms with Gasteiger partial charge in [-0.25, -0.2) is 9.59 Å². The fourth-order valence-corrected chi connectivity index (χ4v) is 4.81. The maximum absolute atomic E-state index is 12.8. The topological polar surface area (TPSA) is 66.8 Å². The molecular weight excluding hydrogens is 390 g/mol. The third-order valence-electron chi connectivity index (χ3n) is 6.39. The molecule has 0 bridgehead atoms. The Bertz CT molecular complexity index is 1110. The van der Waals surface area contributed by atoms with Crippen molar-refractivity contribution in [1.82, 2.24) is 4.90 Å². The molecule has 1 heterocycles. The van der Waals surface area contributed by atoms with Crippen molar-refractivity contribution in [1.29, 1.82) is 0 Å². The zero-order valence-electron chi connectivity index (χ0n) is 17.0. The molecule has 1 aliphatic heterocycles. The highest BCUT2D eigenvalue weighted by Gasteiger charge is 2.32. The van der Waals surface area contributed by atoms with Crippen LogP contribution in [0.4, 0.5) is 4.79 Å². The van der Waals surface area contributed by atoms with Crippen LogP contribution in [0.3, 0.4) is 0 Å². The summed E-state index contributed by atoms with van der Waals surface area (Å²) in [5.41, 5.74) is 6.03. The summed E-state index contributed by atoms with van der Waals surface area (Å²) in [6.07, 6.45) is 0.492. The summed E-state index contributed by atoms with van der Waals surface area (Å²) in [7, 11) is 0. The molecule has 1 amide bonds. The molecule has 5 heteroatoms. The Labute approximate surface area is 180 Å². The molecule has 5 rings (SSSR count). The molecule has 0 spiro atoms. The summed E-state index contributed by atoms with van der Waals surface area (Å²) in [6, 6.07) is 23.5. The third kappa shape index (κ3) is 3.56. The van der Waals surface area contributed by atoms with Crippen molar-refractivity contribution in [2.45, 2.75) is 18.3 Å². The van der Waals surface area contributed by atoms with Gasteiger partial charge in [0.2, 0.25) is 0 Å². The number of nitrogens with zero attached hydrogens (tertiary/aromatic N) is 1. The number of fused-ring (bicyclic) bond motifs is 3. The number of carbonyl (C=O) groups excluding carboxylic acids is 1. The largest absolute Gasteiger partial charge is 0.478 e. The monoisotopic (exact) mass is 413 g/mol. The quantitative estimate of drug-likeness (QED) is 0.644. The summed E-state index contributed by atoms with van der Waals surface area (Å²) in [5, 5.41) is 9.22. The van der Waals surface area contributed by atoms with E-state index in [1.54, 1.807) is 23.1 Å². The zero-order valence-corrected chi connectivity index (χ0v) is 17.0. The lowest BCUT2D eigenvalue weighted by Crippen LogP contribution is -2.30. The lowest BCUT2D eigenvalue weighted by molar-refractivity contribution is 0.0696. The number of benzene rings is 3. The van der Waals surface area contributed by atoms with Gasteiger partial charge in [-0.05, 0) is 46.4 Å².